The van der Waals surface area contributed by atoms with Gasteiger partial charge in [-0.2, -0.15) is 0 Å². The molecule has 5 nitrogen and oxygen atoms in total. The number of rotatable bonds is 4. The number of imidazole rings is 1. The Hall–Kier alpha value is -4.90. The van der Waals surface area contributed by atoms with E-state index < -0.39 is 5.89 Å². The van der Waals surface area contributed by atoms with E-state index >= 15 is 0 Å². The average molecular weight is 764 g/mol. The van der Waals surface area contributed by atoms with Crippen LogP contribution in [0, 0.1) is 19.1 Å². The first-order valence-corrected chi connectivity index (χ1v) is 14.5. The van der Waals surface area contributed by atoms with Crippen molar-refractivity contribution in [3.05, 3.63) is 145 Å². The molecule has 4 aromatic heterocycles. The summed E-state index contributed by atoms with van der Waals surface area (Å²) in [5.41, 5.74) is 8.75. The molecule has 0 saturated carbocycles. The second kappa shape index (κ2) is 13.0. The fourth-order valence-corrected chi connectivity index (χ4v) is 5.36. The maximum Gasteiger partial charge on any atom is 0.168 e. The number of aryl methyl sites for hydroxylation is 1. The number of para-hydroxylation sites is 1. The molecule has 0 N–H and O–H groups in total. The SMILES string of the molecule is [2H]C(C)(C)c1ccc2c(c1)oc1c(-c3nc4nc(C)ccc4n3-c3ccccc3)[c-]ccc12.[Ir].[c-]1ccccc1-c1ccccn1. The summed E-state index contributed by atoms with van der Waals surface area (Å²) in [7, 11) is 0. The molecule has 4 heterocycles. The molecule has 0 aliphatic carbocycles. The van der Waals surface area contributed by atoms with E-state index in [1.165, 1.54) is 0 Å². The zero-order chi connectivity index (χ0) is 31.0. The van der Waals surface area contributed by atoms with Gasteiger partial charge in [-0.3, -0.25) is 4.98 Å². The van der Waals surface area contributed by atoms with E-state index in [2.05, 4.69) is 44.9 Å². The Morgan fingerprint density at radius 1 is 0.800 bits per heavy atom. The van der Waals surface area contributed by atoms with Crippen molar-refractivity contribution in [3.63, 3.8) is 0 Å². The van der Waals surface area contributed by atoms with Crippen molar-refractivity contribution < 1.29 is 25.9 Å². The molecule has 4 aromatic carbocycles. The van der Waals surface area contributed by atoms with Gasteiger partial charge in [0, 0.05) is 44.4 Å². The van der Waals surface area contributed by atoms with Crippen molar-refractivity contribution in [3.8, 4) is 28.3 Å². The molecule has 0 bridgehead atoms. The number of nitrogens with zero attached hydrogens (tertiary/aromatic N) is 4. The number of benzene rings is 4. The van der Waals surface area contributed by atoms with Crippen molar-refractivity contribution in [2.45, 2.75) is 26.7 Å². The molecule has 0 spiro atoms. The van der Waals surface area contributed by atoms with E-state index in [-0.39, 0.29) is 20.1 Å². The fourth-order valence-electron chi connectivity index (χ4n) is 5.36. The van der Waals surface area contributed by atoms with Gasteiger partial charge in [0.1, 0.15) is 5.58 Å². The van der Waals surface area contributed by atoms with E-state index in [1.807, 2.05) is 118 Å². The Morgan fingerprint density at radius 3 is 2.38 bits per heavy atom. The summed E-state index contributed by atoms with van der Waals surface area (Å²) < 4.78 is 16.9. The van der Waals surface area contributed by atoms with Crippen molar-refractivity contribution >= 4 is 33.1 Å². The number of aromatic nitrogens is 4. The van der Waals surface area contributed by atoms with Crippen LogP contribution in [-0.4, -0.2) is 19.5 Å². The molecule has 0 amide bonds. The van der Waals surface area contributed by atoms with Gasteiger partial charge < -0.3 is 14.0 Å². The van der Waals surface area contributed by atoms with Crippen molar-refractivity contribution in [1.82, 2.24) is 19.5 Å². The molecule has 0 unspecified atom stereocenters. The summed E-state index contributed by atoms with van der Waals surface area (Å²) in [5.74, 6) is 0.0347. The number of hydrogen-bond donors (Lipinski definition) is 0. The van der Waals surface area contributed by atoms with Gasteiger partial charge in [0.25, 0.3) is 0 Å². The van der Waals surface area contributed by atoms with Crippen LogP contribution in [-0.2, 0) is 20.1 Å². The Labute approximate surface area is 277 Å². The molecule has 6 heteroatoms. The predicted molar refractivity (Wildman–Crippen MR) is 178 cm³/mol. The third kappa shape index (κ3) is 5.95. The standard InChI is InChI=1S/C28H22N3O.C11H8N.Ir/c1-17(2)19-13-14-21-22-10-7-11-23(26(22)32-25(21)16-19)28-30-27-24(15-12-18(3)29-27)31(28)20-8-5-4-6-9-20;1-2-6-10(7-3-1)11-8-4-5-9-12-11;/h4-10,12-17H,1-3H3;1-6,8-9H;/q2*-1;/i17D;;. The molecule has 0 saturated heterocycles. The van der Waals surface area contributed by atoms with E-state index in [1.54, 1.807) is 6.20 Å². The topological polar surface area (TPSA) is 56.7 Å². The summed E-state index contributed by atoms with van der Waals surface area (Å²) in [6.07, 6.45) is 1.79. The first kappa shape index (κ1) is 28.8. The van der Waals surface area contributed by atoms with Gasteiger partial charge in [0.05, 0.1) is 16.9 Å². The van der Waals surface area contributed by atoms with Crippen LogP contribution in [0.25, 0.3) is 61.4 Å². The normalized spacial score (nSPS) is 11.6. The molecule has 0 aliphatic rings. The monoisotopic (exact) mass is 764 g/mol. The summed E-state index contributed by atoms with van der Waals surface area (Å²) in [6, 6.07) is 44.4. The molecule has 1 radical (unpaired) electrons. The minimum Gasteiger partial charge on any atom is -0.501 e. The van der Waals surface area contributed by atoms with Gasteiger partial charge >= 0.3 is 0 Å². The summed E-state index contributed by atoms with van der Waals surface area (Å²) in [5, 5.41) is 2.02. The van der Waals surface area contributed by atoms with E-state index in [9.17, 15) is 0 Å². The largest absolute Gasteiger partial charge is 0.501 e. The second-order valence-electron chi connectivity index (χ2n) is 10.8. The molecule has 223 valence electrons. The molecular weight excluding hydrogens is 733 g/mol. The summed E-state index contributed by atoms with van der Waals surface area (Å²) in [6.45, 7) is 5.73. The van der Waals surface area contributed by atoms with Crippen molar-refractivity contribution in [1.29, 1.82) is 0 Å². The molecule has 0 fully saturated rings. The maximum atomic E-state index is 8.39. The third-order valence-electron chi connectivity index (χ3n) is 7.56. The quantitative estimate of drug-likeness (QED) is 0.168. The van der Waals surface area contributed by atoms with Gasteiger partial charge in [-0.15, -0.1) is 54.1 Å². The molecular formula is C39H30IrN4O-2. The smallest absolute Gasteiger partial charge is 0.168 e. The zero-order valence-electron chi connectivity index (χ0n) is 26.1. The summed E-state index contributed by atoms with van der Waals surface area (Å²) in [4.78, 5) is 13.8. The fraction of sp³-hybridized carbons (Fsp3) is 0.103. The minimum absolute atomic E-state index is 0. The molecule has 0 aliphatic heterocycles. The predicted octanol–water partition coefficient (Wildman–Crippen LogP) is 9.77. The van der Waals surface area contributed by atoms with E-state index in [0.717, 1.165) is 67.0 Å². The molecule has 0 atom stereocenters. The number of pyridine rings is 2. The van der Waals surface area contributed by atoms with Crippen LogP contribution in [0.2, 0.25) is 0 Å². The average Bonchev–Trinajstić information content (AvgIpc) is 3.64. The van der Waals surface area contributed by atoms with Crippen molar-refractivity contribution in [2.75, 3.05) is 0 Å². The van der Waals surface area contributed by atoms with Gasteiger partial charge in [-0.25, -0.2) is 4.98 Å². The van der Waals surface area contributed by atoms with Crippen LogP contribution in [0.15, 0.2) is 126 Å². The summed E-state index contributed by atoms with van der Waals surface area (Å²) >= 11 is 0. The maximum absolute atomic E-state index is 8.39. The van der Waals surface area contributed by atoms with Crippen molar-refractivity contribution in [2.24, 2.45) is 0 Å². The van der Waals surface area contributed by atoms with Gasteiger partial charge in [-0.05, 0) is 60.5 Å². The van der Waals surface area contributed by atoms with Crippen LogP contribution in [0.5, 0.6) is 0 Å². The van der Waals surface area contributed by atoms with E-state index in [0.29, 0.717) is 5.65 Å². The van der Waals surface area contributed by atoms with Crippen LogP contribution >= 0.6 is 0 Å². The van der Waals surface area contributed by atoms with Gasteiger partial charge in [-0.1, -0.05) is 67.3 Å². The van der Waals surface area contributed by atoms with Crippen LogP contribution in [0.4, 0.5) is 0 Å². The van der Waals surface area contributed by atoms with Crippen LogP contribution in [0.3, 0.4) is 0 Å². The first-order chi connectivity index (χ1) is 21.9. The Balaban J connectivity index is 0.000000241. The minimum atomic E-state index is -0.701. The number of fused-ring (bicyclic) bond motifs is 4. The number of hydrogen-bond acceptors (Lipinski definition) is 4. The second-order valence-corrected chi connectivity index (χ2v) is 10.8. The molecule has 8 rings (SSSR count). The Kier molecular flexibility index (Phi) is 8.33. The Morgan fingerprint density at radius 2 is 1.62 bits per heavy atom. The Bertz CT molecular complexity index is 2220. The van der Waals surface area contributed by atoms with Gasteiger partial charge in [0.2, 0.25) is 0 Å². The molecule has 45 heavy (non-hydrogen) atoms. The zero-order valence-corrected chi connectivity index (χ0v) is 27.5. The van der Waals surface area contributed by atoms with Gasteiger partial charge in [0.15, 0.2) is 5.65 Å². The van der Waals surface area contributed by atoms with Crippen LogP contribution in [0.1, 0.15) is 32.4 Å². The first-order valence-electron chi connectivity index (χ1n) is 15.0. The molecule has 8 aromatic rings. The third-order valence-corrected chi connectivity index (χ3v) is 7.56. The van der Waals surface area contributed by atoms with Crippen LogP contribution < -0.4 is 0 Å². The number of furan rings is 1. The van der Waals surface area contributed by atoms with E-state index in [4.69, 9.17) is 10.8 Å².